The van der Waals surface area contributed by atoms with Crippen molar-refractivity contribution in [3.8, 4) is 0 Å². The fourth-order valence-corrected chi connectivity index (χ4v) is 2.28. The molecule has 0 fully saturated rings. The highest BCUT2D eigenvalue weighted by molar-refractivity contribution is 9.10. The Labute approximate surface area is 114 Å². The molecule has 0 saturated heterocycles. The topological polar surface area (TPSA) is 52.3 Å². The first-order valence-corrected chi connectivity index (χ1v) is 7.24. The van der Waals surface area contributed by atoms with Gasteiger partial charge in [0, 0.05) is 15.1 Å². The number of carbonyl (C=O) groups is 1. The number of hydrogen-bond acceptors (Lipinski definition) is 4. The van der Waals surface area contributed by atoms with E-state index >= 15 is 0 Å². The van der Waals surface area contributed by atoms with E-state index in [1.54, 1.807) is 0 Å². The summed E-state index contributed by atoms with van der Waals surface area (Å²) in [4.78, 5) is 12.3. The molecule has 0 unspecified atom stereocenters. The average Bonchev–Trinajstić information content (AvgIpc) is 2.28. The molecular formula is C12H16BrNO2S. The summed E-state index contributed by atoms with van der Waals surface area (Å²) in [5.74, 6) is 0.112. The van der Waals surface area contributed by atoms with Crippen molar-refractivity contribution in [2.45, 2.75) is 24.7 Å². The van der Waals surface area contributed by atoms with Crippen molar-refractivity contribution in [3.05, 3.63) is 22.7 Å². The van der Waals surface area contributed by atoms with Crippen LogP contribution in [0.1, 0.15) is 19.8 Å². The van der Waals surface area contributed by atoms with Gasteiger partial charge in [-0.05, 0) is 24.6 Å². The van der Waals surface area contributed by atoms with E-state index in [-0.39, 0.29) is 5.97 Å². The van der Waals surface area contributed by atoms with Gasteiger partial charge >= 0.3 is 5.97 Å². The fraction of sp³-hybridized carbons (Fsp3) is 0.417. The lowest BCUT2D eigenvalue weighted by Crippen LogP contribution is -2.08. The van der Waals surface area contributed by atoms with Gasteiger partial charge in [-0.1, -0.05) is 29.3 Å². The fourth-order valence-electron chi connectivity index (χ4n) is 1.16. The standard InChI is InChI=1S/C12H16BrNO2S/c1-2-3-6-16-12(15)8-17-11-5-4-9(13)7-10(11)14/h4-5,7H,2-3,6,8,14H2,1H3. The second-order valence-corrected chi connectivity index (χ2v) is 5.48. The summed E-state index contributed by atoms with van der Waals surface area (Å²) in [6.45, 7) is 2.57. The molecule has 1 aromatic carbocycles. The van der Waals surface area contributed by atoms with Crippen molar-refractivity contribution in [2.24, 2.45) is 0 Å². The third kappa shape index (κ3) is 5.46. The molecule has 5 heteroatoms. The van der Waals surface area contributed by atoms with Gasteiger partial charge in [0.1, 0.15) is 0 Å². The summed E-state index contributed by atoms with van der Waals surface area (Å²) in [5.41, 5.74) is 6.50. The molecular weight excluding hydrogens is 302 g/mol. The smallest absolute Gasteiger partial charge is 0.316 e. The minimum atomic E-state index is -0.189. The minimum Gasteiger partial charge on any atom is -0.465 e. The molecule has 0 saturated carbocycles. The number of rotatable bonds is 6. The lowest BCUT2D eigenvalue weighted by molar-refractivity contribution is -0.140. The van der Waals surface area contributed by atoms with Gasteiger partial charge < -0.3 is 10.5 Å². The quantitative estimate of drug-likeness (QED) is 0.378. The summed E-state index contributed by atoms with van der Waals surface area (Å²) in [6, 6.07) is 5.62. The number of anilines is 1. The number of hydrogen-bond donors (Lipinski definition) is 1. The Bertz CT molecular complexity index is 385. The third-order valence-electron chi connectivity index (χ3n) is 2.08. The van der Waals surface area contributed by atoms with E-state index in [0.717, 1.165) is 22.2 Å². The van der Waals surface area contributed by atoms with E-state index in [4.69, 9.17) is 10.5 Å². The van der Waals surface area contributed by atoms with Crippen LogP contribution in [-0.2, 0) is 9.53 Å². The predicted molar refractivity (Wildman–Crippen MR) is 75.1 cm³/mol. The molecule has 0 heterocycles. The summed E-state index contributed by atoms with van der Waals surface area (Å²) >= 11 is 4.74. The van der Waals surface area contributed by atoms with Gasteiger partial charge in [-0.25, -0.2) is 0 Å². The van der Waals surface area contributed by atoms with Gasteiger partial charge in [-0.3, -0.25) is 4.79 Å². The molecule has 2 N–H and O–H groups in total. The molecule has 3 nitrogen and oxygen atoms in total. The van der Waals surface area contributed by atoms with E-state index in [2.05, 4.69) is 22.9 Å². The van der Waals surface area contributed by atoms with Crippen LogP contribution in [0.3, 0.4) is 0 Å². The Balaban J connectivity index is 2.37. The molecule has 0 spiro atoms. The number of nitrogen functional groups attached to an aromatic ring is 1. The molecule has 0 aliphatic heterocycles. The van der Waals surface area contributed by atoms with Crippen LogP contribution in [0, 0.1) is 0 Å². The Morgan fingerprint density at radius 3 is 2.94 bits per heavy atom. The van der Waals surface area contributed by atoms with Gasteiger partial charge in [0.25, 0.3) is 0 Å². The first-order valence-electron chi connectivity index (χ1n) is 5.47. The van der Waals surface area contributed by atoms with E-state index in [1.807, 2.05) is 18.2 Å². The maximum atomic E-state index is 11.4. The molecule has 94 valence electrons. The average molecular weight is 318 g/mol. The summed E-state index contributed by atoms with van der Waals surface area (Å²) in [5, 5.41) is 0. The second-order valence-electron chi connectivity index (χ2n) is 3.54. The Kier molecular flexibility index (Phi) is 6.44. The van der Waals surface area contributed by atoms with E-state index in [9.17, 15) is 4.79 Å². The first kappa shape index (κ1) is 14.4. The zero-order valence-corrected chi connectivity index (χ0v) is 12.1. The van der Waals surface area contributed by atoms with Crippen molar-refractivity contribution >= 4 is 39.3 Å². The Hall–Kier alpha value is -0.680. The van der Waals surface area contributed by atoms with Crippen LogP contribution in [0.4, 0.5) is 5.69 Å². The highest BCUT2D eigenvalue weighted by Gasteiger charge is 2.06. The monoisotopic (exact) mass is 317 g/mol. The Morgan fingerprint density at radius 1 is 1.53 bits per heavy atom. The lowest BCUT2D eigenvalue weighted by atomic mass is 10.3. The second kappa shape index (κ2) is 7.61. The van der Waals surface area contributed by atoms with Crippen molar-refractivity contribution < 1.29 is 9.53 Å². The lowest BCUT2D eigenvalue weighted by Gasteiger charge is -2.06. The summed E-state index contributed by atoms with van der Waals surface area (Å²) in [7, 11) is 0. The number of thioether (sulfide) groups is 1. The van der Waals surface area contributed by atoms with Crippen LogP contribution in [0.15, 0.2) is 27.6 Å². The molecule has 0 amide bonds. The van der Waals surface area contributed by atoms with E-state index < -0.39 is 0 Å². The zero-order valence-electron chi connectivity index (χ0n) is 9.74. The van der Waals surface area contributed by atoms with E-state index in [1.165, 1.54) is 11.8 Å². The van der Waals surface area contributed by atoms with Gasteiger partial charge in [0.15, 0.2) is 0 Å². The number of benzene rings is 1. The summed E-state index contributed by atoms with van der Waals surface area (Å²) < 4.78 is 5.99. The normalized spacial score (nSPS) is 10.2. The maximum Gasteiger partial charge on any atom is 0.316 e. The van der Waals surface area contributed by atoms with Crippen molar-refractivity contribution in [3.63, 3.8) is 0 Å². The van der Waals surface area contributed by atoms with Crippen LogP contribution in [-0.4, -0.2) is 18.3 Å². The first-order chi connectivity index (χ1) is 8.13. The molecule has 0 aliphatic rings. The third-order valence-corrected chi connectivity index (χ3v) is 3.63. The molecule has 0 atom stereocenters. The number of ether oxygens (including phenoxy) is 1. The molecule has 0 aliphatic carbocycles. The zero-order chi connectivity index (χ0) is 12.7. The number of esters is 1. The highest BCUT2D eigenvalue weighted by atomic mass is 79.9. The van der Waals surface area contributed by atoms with Gasteiger partial charge in [-0.2, -0.15) is 0 Å². The largest absolute Gasteiger partial charge is 0.465 e. The predicted octanol–water partition coefficient (Wildman–Crippen LogP) is 3.47. The number of unbranched alkanes of at least 4 members (excludes halogenated alkanes) is 1. The van der Waals surface area contributed by atoms with Crippen LogP contribution in [0.25, 0.3) is 0 Å². The van der Waals surface area contributed by atoms with Gasteiger partial charge in [-0.15, -0.1) is 11.8 Å². The maximum absolute atomic E-state index is 11.4. The molecule has 17 heavy (non-hydrogen) atoms. The van der Waals surface area contributed by atoms with E-state index in [0.29, 0.717) is 18.0 Å². The highest BCUT2D eigenvalue weighted by Crippen LogP contribution is 2.27. The molecule has 0 bridgehead atoms. The molecule has 1 aromatic rings. The summed E-state index contributed by atoms with van der Waals surface area (Å²) in [6.07, 6.45) is 1.94. The Morgan fingerprint density at radius 2 is 2.29 bits per heavy atom. The van der Waals surface area contributed by atoms with Gasteiger partial charge in [0.2, 0.25) is 0 Å². The molecule has 1 rings (SSSR count). The van der Waals surface area contributed by atoms with Crippen LogP contribution in [0.5, 0.6) is 0 Å². The van der Waals surface area contributed by atoms with Gasteiger partial charge in [0.05, 0.1) is 12.4 Å². The van der Waals surface area contributed by atoms with Crippen LogP contribution in [0.2, 0.25) is 0 Å². The number of nitrogens with two attached hydrogens (primary N) is 1. The molecule has 0 aromatic heterocycles. The van der Waals surface area contributed by atoms with Crippen molar-refractivity contribution in [2.75, 3.05) is 18.1 Å². The minimum absolute atomic E-state index is 0.189. The number of carbonyl (C=O) groups excluding carboxylic acids is 1. The molecule has 0 radical (unpaired) electrons. The van der Waals surface area contributed by atoms with Crippen LogP contribution >= 0.6 is 27.7 Å². The van der Waals surface area contributed by atoms with Crippen molar-refractivity contribution in [1.29, 1.82) is 0 Å². The SMILES string of the molecule is CCCCOC(=O)CSc1ccc(Br)cc1N. The van der Waals surface area contributed by atoms with Crippen LogP contribution < -0.4 is 5.73 Å². The van der Waals surface area contributed by atoms with Crippen molar-refractivity contribution in [1.82, 2.24) is 0 Å². The number of halogens is 1.